The number of thioether (sulfide) groups is 1. The van der Waals surface area contributed by atoms with Crippen molar-refractivity contribution in [2.24, 2.45) is 5.92 Å². The van der Waals surface area contributed by atoms with Gasteiger partial charge in [0.05, 0.1) is 13.2 Å². The van der Waals surface area contributed by atoms with Crippen molar-refractivity contribution >= 4 is 17.9 Å². The average molecular weight is 512 g/mol. The highest BCUT2D eigenvalue weighted by Crippen LogP contribution is 2.31. The minimum absolute atomic E-state index is 0. The summed E-state index contributed by atoms with van der Waals surface area (Å²) in [5, 5.41) is 0. The summed E-state index contributed by atoms with van der Waals surface area (Å²) < 4.78 is 31.6. The summed E-state index contributed by atoms with van der Waals surface area (Å²) >= 11 is 1.52. The first-order valence-electron chi connectivity index (χ1n) is 11.3. The standard InChI is InChI=1S/C26H34FNO4S.2H2O/c1-26(2,3)32-25(29)28-12-10-18(11-13-28)16-31-24-9-6-19(14-20(24)17-30-4)22-8-7-21(33-5)15-23(22)27;;/h6-9,14-15,18H,10-13,16-17H2,1-5H3;2*1H2. The van der Waals surface area contributed by atoms with Gasteiger partial charge < -0.3 is 30.1 Å². The first kappa shape index (κ1) is 30.7. The smallest absolute Gasteiger partial charge is 0.410 e. The van der Waals surface area contributed by atoms with Gasteiger partial charge in [-0.25, -0.2) is 9.18 Å². The van der Waals surface area contributed by atoms with E-state index in [4.69, 9.17) is 14.2 Å². The molecule has 9 heteroatoms. The van der Waals surface area contributed by atoms with E-state index in [9.17, 15) is 9.18 Å². The fourth-order valence-corrected chi connectivity index (χ4v) is 4.25. The highest BCUT2D eigenvalue weighted by atomic mass is 32.2. The zero-order valence-electron chi connectivity index (χ0n) is 21.2. The van der Waals surface area contributed by atoms with Gasteiger partial charge in [0.1, 0.15) is 17.2 Å². The van der Waals surface area contributed by atoms with Gasteiger partial charge in [-0.15, -0.1) is 11.8 Å². The van der Waals surface area contributed by atoms with Crippen LogP contribution in [-0.4, -0.2) is 60.6 Å². The van der Waals surface area contributed by atoms with Gasteiger partial charge in [0.15, 0.2) is 0 Å². The minimum Gasteiger partial charge on any atom is -0.493 e. The second kappa shape index (κ2) is 13.7. The van der Waals surface area contributed by atoms with Gasteiger partial charge in [-0.2, -0.15) is 0 Å². The number of nitrogens with zero attached hydrogens (tertiary/aromatic N) is 1. The Bertz CT molecular complexity index is 957. The third-order valence-electron chi connectivity index (χ3n) is 5.59. The molecule has 0 unspecified atom stereocenters. The Kier molecular flexibility index (Phi) is 12.0. The van der Waals surface area contributed by atoms with Crippen molar-refractivity contribution in [2.45, 2.75) is 50.7 Å². The minimum atomic E-state index is -0.485. The second-order valence-corrected chi connectivity index (χ2v) is 10.2. The van der Waals surface area contributed by atoms with Crippen molar-refractivity contribution in [3.8, 4) is 16.9 Å². The Morgan fingerprint density at radius 3 is 2.37 bits per heavy atom. The van der Waals surface area contributed by atoms with Gasteiger partial charge in [0, 0.05) is 36.2 Å². The van der Waals surface area contributed by atoms with E-state index < -0.39 is 5.60 Å². The first-order valence-corrected chi connectivity index (χ1v) is 12.5. The second-order valence-electron chi connectivity index (χ2n) is 9.32. The number of benzene rings is 2. The van der Waals surface area contributed by atoms with Crippen molar-refractivity contribution in [1.82, 2.24) is 4.90 Å². The quantitative estimate of drug-likeness (QED) is 0.499. The number of carbonyl (C=O) groups is 1. The molecular weight excluding hydrogens is 473 g/mol. The molecule has 0 saturated carbocycles. The van der Waals surface area contributed by atoms with Crippen LogP contribution in [0, 0.1) is 11.7 Å². The van der Waals surface area contributed by atoms with Crippen LogP contribution in [0.25, 0.3) is 11.1 Å². The number of rotatable bonds is 7. The molecule has 196 valence electrons. The maximum Gasteiger partial charge on any atom is 0.410 e. The molecule has 2 aromatic carbocycles. The van der Waals surface area contributed by atoms with Crippen LogP contribution in [0.4, 0.5) is 9.18 Å². The molecule has 3 rings (SSSR count). The predicted octanol–water partition coefficient (Wildman–Crippen LogP) is 4.74. The van der Waals surface area contributed by atoms with Crippen molar-refractivity contribution in [3.05, 3.63) is 47.8 Å². The lowest BCUT2D eigenvalue weighted by Crippen LogP contribution is -2.42. The molecule has 0 aromatic heterocycles. The zero-order valence-corrected chi connectivity index (χ0v) is 22.0. The van der Waals surface area contributed by atoms with Gasteiger partial charge >= 0.3 is 6.09 Å². The number of piperidine rings is 1. The fraction of sp³-hybridized carbons (Fsp3) is 0.500. The predicted molar refractivity (Wildman–Crippen MR) is 138 cm³/mol. The summed E-state index contributed by atoms with van der Waals surface area (Å²) in [4.78, 5) is 14.9. The summed E-state index contributed by atoms with van der Waals surface area (Å²) in [5.74, 6) is 0.863. The first-order chi connectivity index (χ1) is 15.7. The third kappa shape index (κ3) is 8.68. The summed E-state index contributed by atoms with van der Waals surface area (Å²) in [6.45, 7) is 7.90. The number of halogens is 1. The van der Waals surface area contributed by atoms with Crippen molar-refractivity contribution in [3.63, 3.8) is 0 Å². The fourth-order valence-electron chi connectivity index (χ4n) is 3.83. The monoisotopic (exact) mass is 511 g/mol. The van der Waals surface area contributed by atoms with E-state index >= 15 is 0 Å². The Morgan fingerprint density at radius 1 is 1.11 bits per heavy atom. The molecule has 1 aliphatic heterocycles. The Morgan fingerprint density at radius 2 is 1.80 bits per heavy atom. The van der Waals surface area contributed by atoms with Crippen LogP contribution in [0.2, 0.25) is 0 Å². The summed E-state index contributed by atoms with van der Waals surface area (Å²) in [6, 6.07) is 11.0. The molecule has 1 heterocycles. The molecule has 1 amide bonds. The number of ether oxygens (including phenoxy) is 3. The van der Waals surface area contributed by atoms with Crippen LogP contribution in [0.5, 0.6) is 5.75 Å². The van der Waals surface area contributed by atoms with E-state index in [1.165, 1.54) is 11.8 Å². The molecule has 0 atom stereocenters. The number of methoxy groups -OCH3 is 1. The van der Waals surface area contributed by atoms with Gasteiger partial charge in [-0.1, -0.05) is 12.1 Å². The van der Waals surface area contributed by atoms with Crippen LogP contribution < -0.4 is 4.74 Å². The number of hydrogen-bond donors (Lipinski definition) is 0. The molecule has 1 aliphatic rings. The molecule has 7 nitrogen and oxygen atoms in total. The molecule has 0 bridgehead atoms. The lowest BCUT2D eigenvalue weighted by Gasteiger charge is -2.33. The maximum absolute atomic E-state index is 14.6. The molecule has 2 aromatic rings. The Balaban J connectivity index is 0.00000306. The summed E-state index contributed by atoms with van der Waals surface area (Å²) in [5.41, 5.74) is 1.76. The summed E-state index contributed by atoms with van der Waals surface area (Å²) in [6.07, 6.45) is 3.41. The molecule has 0 aliphatic carbocycles. The van der Waals surface area contributed by atoms with Crippen LogP contribution in [0.1, 0.15) is 39.2 Å². The van der Waals surface area contributed by atoms with Crippen LogP contribution in [0.3, 0.4) is 0 Å². The Labute approximate surface area is 211 Å². The number of carbonyl (C=O) groups excluding carboxylic acids is 1. The van der Waals surface area contributed by atoms with E-state index in [0.717, 1.165) is 34.6 Å². The van der Waals surface area contributed by atoms with E-state index in [1.807, 2.05) is 57.4 Å². The molecule has 1 saturated heterocycles. The molecule has 35 heavy (non-hydrogen) atoms. The van der Waals surface area contributed by atoms with Gasteiger partial charge in [0.2, 0.25) is 0 Å². The topological polar surface area (TPSA) is 111 Å². The largest absolute Gasteiger partial charge is 0.493 e. The van der Waals surface area contributed by atoms with Crippen molar-refractivity contribution < 1.29 is 34.3 Å². The molecule has 0 radical (unpaired) electrons. The van der Waals surface area contributed by atoms with E-state index in [2.05, 4.69) is 0 Å². The molecule has 4 N–H and O–H groups in total. The van der Waals surface area contributed by atoms with Crippen LogP contribution in [-0.2, 0) is 16.1 Å². The van der Waals surface area contributed by atoms with Gasteiger partial charge in [-0.3, -0.25) is 0 Å². The highest BCUT2D eigenvalue weighted by Gasteiger charge is 2.27. The van der Waals surface area contributed by atoms with Crippen LogP contribution >= 0.6 is 11.8 Å². The van der Waals surface area contributed by atoms with E-state index in [0.29, 0.717) is 37.8 Å². The molecule has 0 spiro atoms. The third-order valence-corrected chi connectivity index (χ3v) is 6.31. The van der Waals surface area contributed by atoms with E-state index in [-0.39, 0.29) is 22.9 Å². The van der Waals surface area contributed by atoms with E-state index in [1.54, 1.807) is 18.1 Å². The normalized spacial score (nSPS) is 14.1. The number of likely N-dealkylation sites (tertiary alicyclic amines) is 1. The van der Waals surface area contributed by atoms with Crippen molar-refractivity contribution in [1.29, 1.82) is 0 Å². The lowest BCUT2D eigenvalue weighted by atomic mass is 9.98. The van der Waals surface area contributed by atoms with Crippen LogP contribution in [0.15, 0.2) is 41.3 Å². The number of hydrogen-bond acceptors (Lipinski definition) is 5. The highest BCUT2D eigenvalue weighted by molar-refractivity contribution is 7.98. The van der Waals surface area contributed by atoms with Gasteiger partial charge in [0.25, 0.3) is 0 Å². The molecule has 1 fully saturated rings. The molecular formula is C26H38FNO6S. The van der Waals surface area contributed by atoms with Crippen molar-refractivity contribution in [2.75, 3.05) is 33.1 Å². The summed E-state index contributed by atoms with van der Waals surface area (Å²) in [7, 11) is 1.64. The SMILES string of the molecule is COCc1cc(-c2ccc(SC)cc2F)ccc1OCC1CCN(C(=O)OC(C)(C)C)CC1.O.O. The maximum atomic E-state index is 14.6. The van der Waals surface area contributed by atoms with Gasteiger partial charge in [-0.05, 0) is 75.6 Å². The number of amides is 1. The Hall–Kier alpha value is -2.33. The zero-order chi connectivity index (χ0) is 24.0. The average Bonchev–Trinajstić information content (AvgIpc) is 2.77. The lowest BCUT2D eigenvalue weighted by molar-refractivity contribution is 0.0164.